The monoisotopic (exact) mass is 272 g/mol. The van der Waals surface area contributed by atoms with Crippen LogP contribution in [-0.4, -0.2) is 18.1 Å². The van der Waals surface area contributed by atoms with Gasteiger partial charge in [-0.2, -0.15) is 5.26 Å². The van der Waals surface area contributed by atoms with E-state index < -0.39 is 5.97 Å². The number of carbonyl (C=O) groups is 1. The smallest absolute Gasteiger partial charge is 0.338 e. The van der Waals surface area contributed by atoms with Gasteiger partial charge in [0.05, 0.1) is 23.3 Å². The van der Waals surface area contributed by atoms with Crippen LogP contribution in [0.3, 0.4) is 0 Å². The minimum Gasteiger partial charge on any atom is -0.465 e. The Kier molecular flexibility index (Phi) is 4.03. The van der Waals surface area contributed by atoms with Crippen molar-refractivity contribution in [3.05, 3.63) is 40.3 Å². The van der Waals surface area contributed by atoms with E-state index in [-0.39, 0.29) is 0 Å². The van der Waals surface area contributed by atoms with Crippen molar-refractivity contribution in [1.29, 1.82) is 10.7 Å². The molecule has 96 valence electrons. The highest BCUT2D eigenvalue weighted by molar-refractivity contribution is 8.17. The molecule has 1 heterocycles. The minimum atomic E-state index is -0.456. The van der Waals surface area contributed by atoms with Gasteiger partial charge in [-0.3, -0.25) is 5.41 Å². The lowest BCUT2D eigenvalue weighted by molar-refractivity contribution is 0.0600. The van der Waals surface area contributed by atoms with E-state index in [4.69, 9.17) is 10.1 Å². The molecule has 0 amide bonds. The second-order valence-electron chi connectivity index (χ2n) is 3.97. The van der Waals surface area contributed by atoms with Gasteiger partial charge in [0, 0.05) is 16.9 Å². The number of hydrogen-bond donors (Lipinski definition) is 1. The number of thioether (sulfide) groups is 1. The molecular weight excluding hydrogens is 260 g/mol. The van der Waals surface area contributed by atoms with Gasteiger partial charge in [0.15, 0.2) is 0 Å². The number of hydrogen-bond acceptors (Lipinski definition) is 5. The topological polar surface area (TPSA) is 73.9 Å². The maximum atomic E-state index is 11.7. The third-order valence-electron chi connectivity index (χ3n) is 2.82. The van der Waals surface area contributed by atoms with Crippen LogP contribution in [0.1, 0.15) is 28.8 Å². The minimum absolute atomic E-state index is 0.382. The number of allylic oxidation sites excluding steroid dienone is 2. The Morgan fingerprint density at radius 1 is 1.37 bits per heavy atom. The molecule has 1 saturated heterocycles. The first-order valence-electron chi connectivity index (χ1n) is 5.73. The van der Waals surface area contributed by atoms with E-state index in [1.165, 1.54) is 18.9 Å². The number of nitriles is 1. The molecule has 1 N–H and O–H groups in total. The van der Waals surface area contributed by atoms with Gasteiger partial charge < -0.3 is 4.74 Å². The highest BCUT2D eigenvalue weighted by Crippen LogP contribution is 2.38. The molecule has 0 unspecified atom stereocenters. The van der Waals surface area contributed by atoms with E-state index in [2.05, 4.69) is 6.07 Å². The van der Waals surface area contributed by atoms with Gasteiger partial charge in [-0.25, -0.2) is 4.79 Å². The predicted octanol–water partition coefficient (Wildman–Crippen LogP) is 3.21. The molecule has 1 aromatic rings. The molecule has 0 atom stereocenters. The average Bonchev–Trinajstić information content (AvgIpc) is 2.86. The lowest BCUT2D eigenvalue weighted by Crippen LogP contribution is -2.05. The number of methoxy groups -OCH3 is 1. The molecule has 5 heteroatoms. The van der Waals surface area contributed by atoms with Crippen molar-refractivity contribution in [2.24, 2.45) is 0 Å². The molecule has 1 aromatic carbocycles. The number of rotatable bonds is 2. The number of nitrogens with one attached hydrogen (secondary N) is 1. The summed E-state index contributed by atoms with van der Waals surface area (Å²) >= 11 is 1.31. The highest BCUT2D eigenvalue weighted by atomic mass is 32.2. The number of nitrogens with zero attached hydrogens (tertiary/aromatic N) is 1. The summed E-state index contributed by atoms with van der Waals surface area (Å²) in [6.45, 7) is 0. The Bertz CT molecular complexity index is 614. The summed E-state index contributed by atoms with van der Waals surface area (Å²) in [6.07, 6.45) is 1.34. The molecule has 0 saturated carbocycles. The zero-order chi connectivity index (χ0) is 13.8. The second-order valence-corrected chi connectivity index (χ2v) is 5.16. The van der Waals surface area contributed by atoms with E-state index in [0.29, 0.717) is 34.6 Å². The fourth-order valence-corrected chi connectivity index (χ4v) is 2.88. The van der Waals surface area contributed by atoms with Gasteiger partial charge in [-0.05, 0) is 12.5 Å². The summed E-state index contributed by atoms with van der Waals surface area (Å²) < 4.78 is 4.74. The molecule has 1 fully saturated rings. The van der Waals surface area contributed by atoms with Crippen molar-refractivity contribution in [2.45, 2.75) is 12.8 Å². The van der Waals surface area contributed by atoms with Gasteiger partial charge in [0.2, 0.25) is 0 Å². The molecule has 1 aliphatic rings. The van der Waals surface area contributed by atoms with E-state index in [1.807, 2.05) is 0 Å². The summed E-state index contributed by atoms with van der Waals surface area (Å²) in [6, 6.07) is 9.05. The SMILES string of the molecule is COC(=O)c1ccccc1/C(C#N)=C1/CCC(=N)S1. The normalized spacial score (nSPS) is 16.9. The molecule has 0 spiro atoms. The lowest BCUT2D eigenvalue weighted by Gasteiger charge is -2.08. The number of benzene rings is 1. The van der Waals surface area contributed by atoms with Crippen LogP contribution in [0.25, 0.3) is 5.57 Å². The van der Waals surface area contributed by atoms with Crippen LogP contribution in [0.2, 0.25) is 0 Å². The predicted molar refractivity (Wildman–Crippen MR) is 74.9 cm³/mol. The summed E-state index contributed by atoms with van der Waals surface area (Å²) in [4.78, 5) is 12.6. The van der Waals surface area contributed by atoms with Crippen LogP contribution in [0.15, 0.2) is 29.2 Å². The van der Waals surface area contributed by atoms with Gasteiger partial charge in [0.25, 0.3) is 0 Å². The molecule has 0 aliphatic carbocycles. The summed E-state index contributed by atoms with van der Waals surface area (Å²) in [5.74, 6) is -0.456. The Balaban J connectivity index is 2.54. The number of esters is 1. The summed E-state index contributed by atoms with van der Waals surface area (Å²) in [5, 5.41) is 17.5. The molecule has 1 aliphatic heterocycles. The molecule has 0 radical (unpaired) electrons. The van der Waals surface area contributed by atoms with Crippen molar-refractivity contribution < 1.29 is 9.53 Å². The van der Waals surface area contributed by atoms with Crippen LogP contribution in [0.5, 0.6) is 0 Å². The van der Waals surface area contributed by atoms with Crippen molar-refractivity contribution >= 4 is 28.3 Å². The number of carbonyl (C=O) groups excluding carboxylic acids is 1. The standard InChI is InChI=1S/C14H12N2O2S/c1-18-14(17)10-5-3-2-4-9(10)11(8-15)12-6-7-13(16)19-12/h2-5,16H,6-7H2,1H3/b12-11-,16-13?. The highest BCUT2D eigenvalue weighted by Gasteiger charge is 2.22. The Hall–Kier alpha value is -2.06. The van der Waals surface area contributed by atoms with Crippen LogP contribution in [0, 0.1) is 16.7 Å². The van der Waals surface area contributed by atoms with Gasteiger partial charge in [-0.15, -0.1) is 0 Å². The largest absolute Gasteiger partial charge is 0.465 e. The van der Waals surface area contributed by atoms with Crippen molar-refractivity contribution in [3.8, 4) is 6.07 Å². The summed E-state index contributed by atoms with van der Waals surface area (Å²) in [7, 11) is 1.32. The summed E-state index contributed by atoms with van der Waals surface area (Å²) in [5.41, 5.74) is 1.43. The third-order valence-corrected chi connectivity index (χ3v) is 3.92. The quantitative estimate of drug-likeness (QED) is 0.662. The fraction of sp³-hybridized carbons (Fsp3) is 0.214. The maximum Gasteiger partial charge on any atom is 0.338 e. The van der Waals surface area contributed by atoms with E-state index in [0.717, 1.165) is 4.91 Å². The van der Waals surface area contributed by atoms with Crippen molar-refractivity contribution in [1.82, 2.24) is 0 Å². The molecular formula is C14H12N2O2S. The van der Waals surface area contributed by atoms with E-state index in [9.17, 15) is 10.1 Å². The Morgan fingerprint density at radius 3 is 2.58 bits per heavy atom. The molecule has 2 rings (SSSR count). The van der Waals surface area contributed by atoms with E-state index in [1.54, 1.807) is 24.3 Å². The zero-order valence-electron chi connectivity index (χ0n) is 10.4. The molecule has 0 bridgehead atoms. The van der Waals surface area contributed by atoms with Crippen LogP contribution in [0.4, 0.5) is 0 Å². The zero-order valence-corrected chi connectivity index (χ0v) is 11.2. The third kappa shape index (κ3) is 2.69. The first-order valence-corrected chi connectivity index (χ1v) is 6.55. The van der Waals surface area contributed by atoms with Crippen LogP contribution in [-0.2, 0) is 4.74 Å². The fourth-order valence-electron chi connectivity index (χ4n) is 1.92. The van der Waals surface area contributed by atoms with E-state index >= 15 is 0 Å². The van der Waals surface area contributed by atoms with Crippen molar-refractivity contribution in [3.63, 3.8) is 0 Å². The molecule has 4 nitrogen and oxygen atoms in total. The Labute approximate surface area is 115 Å². The van der Waals surface area contributed by atoms with Crippen molar-refractivity contribution in [2.75, 3.05) is 7.11 Å². The van der Waals surface area contributed by atoms with Gasteiger partial charge in [-0.1, -0.05) is 30.0 Å². The van der Waals surface area contributed by atoms with Gasteiger partial charge >= 0.3 is 5.97 Å². The van der Waals surface area contributed by atoms with Crippen LogP contribution >= 0.6 is 11.8 Å². The van der Waals surface area contributed by atoms with Crippen LogP contribution < -0.4 is 0 Å². The first-order chi connectivity index (χ1) is 9.17. The molecule has 19 heavy (non-hydrogen) atoms. The number of ether oxygens (including phenoxy) is 1. The molecule has 0 aromatic heterocycles. The second kappa shape index (κ2) is 5.72. The lowest BCUT2D eigenvalue weighted by atomic mass is 9.99. The maximum absolute atomic E-state index is 11.7. The Morgan fingerprint density at radius 2 is 2.05 bits per heavy atom. The first kappa shape index (κ1) is 13.4. The van der Waals surface area contributed by atoms with Gasteiger partial charge in [0.1, 0.15) is 6.07 Å². The average molecular weight is 272 g/mol.